The third-order valence-corrected chi connectivity index (χ3v) is 3.10. The number of aromatic amines is 1. The number of rotatable bonds is 1. The van der Waals surface area contributed by atoms with Gasteiger partial charge in [0.2, 0.25) is 0 Å². The number of piperazine rings is 1. The SMILES string of the molecule is CC1CN(C(=O)c2ccc(C(F)(F)F)[nH]c2=O)CCN1. The highest BCUT2D eigenvalue weighted by atomic mass is 19.4. The summed E-state index contributed by atoms with van der Waals surface area (Å²) in [6.07, 6.45) is -4.63. The number of pyridine rings is 1. The summed E-state index contributed by atoms with van der Waals surface area (Å²) in [5.41, 5.74) is -2.45. The van der Waals surface area contributed by atoms with Crippen molar-refractivity contribution in [2.75, 3.05) is 19.6 Å². The second kappa shape index (κ2) is 5.28. The number of carbonyl (C=O) groups excluding carboxylic acids is 1. The fraction of sp³-hybridized carbons (Fsp3) is 0.500. The van der Waals surface area contributed by atoms with E-state index in [0.29, 0.717) is 25.7 Å². The van der Waals surface area contributed by atoms with E-state index in [1.807, 2.05) is 6.92 Å². The van der Waals surface area contributed by atoms with Crippen molar-refractivity contribution in [3.8, 4) is 0 Å². The Hall–Kier alpha value is -1.83. The van der Waals surface area contributed by atoms with Crippen LogP contribution < -0.4 is 10.9 Å². The highest BCUT2D eigenvalue weighted by Gasteiger charge is 2.33. The highest BCUT2D eigenvalue weighted by Crippen LogP contribution is 2.26. The van der Waals surface area contributed by atoms with Gasteiger partial charge in [-0.05, 0) is 19.1 Å². The van der Waals surface area contributed by atoms with Crippen molar-refractivity contribution in [2.24, 2.45) is 0 Å². The number of H-pyrrole nitrogens is 1. The molecule has 0 saturated carbocycles. The number of halogens is 3. The third-order valence-electron chi connectivity index (χ3n) is 3.10. The number of alkyl halides is 3. The quantitative estimate of drug-likeness (QED) is 0.805. The first-order valence-corrected chi connectivity index (χ1v) is 6.12. The molecule has 0 spiro atoms. The van der Waals surface area contributed by atoms with Crippen molar-refractivity contribution < 1.29 is 18.0 Å². The minimum absolute atomic E-state index is 0.0845. The Morgan fingerprint density at radius 3 is 2.65 bits per heavy atom. The third kappa shape index (κ3) is 3.01. The molecule has 1 atom stereocenters. The summed E-state index contributed by atoms with van der Waals surface area (Å²) in [5, 5.41) is 3.13. The van der Waals surface area contributed by atoms with E-state index >= 15 is 0 Å². The summed E-state index contributed by atoms with van der Waals surface area (Å²) < 4.78 is 37.3. The maximum absolute atomic E-state index is 12.4. The van der Waals surface area contributed by atoms with E-state index < -0.39 is 23.3 Å². The molecule has 0 aromatic carbocycles. The molecule has 0 radical (unpaired) electrons. The number of amides is 1. The van der Waals surface area contributed by atoms with Crippen LogP contribution in [-0.2, 0) is 6.18 Å². The van der Waals surface area contributed by atoms with Crippen molar-refractivity contribution in [3.63, 3.8) is 0 Å². The summed E-state index contributed by atoms with van der Waals surface area (Å²) >= 11 is 0. The van der Waals surface area contributed by atoms with Gasteiger partial charge in [0.15, 0.2) is 0 Å². The van der Waals surface area contributed by atoms with E-state index in [4.69, 9.17) is 0 Å². The summed E-state index contributed by atoms with van der Waals surface area (Å²) in [7, 11) is 0. The normalized spacial score (nSPS) is 20.0. The maximum atomic E-state index is 12.4. The molecule has 1 fully saturated rings. The molecule has 2 rings (SSSR count). The second-order valence-corrected chi connectivity index (χ2v) is 4.72. The van der Waals surface area contributed by atoms with Gasteiger partial charge in [-0.15, -0.1) is 0 Å². The van der Waals surface area contributed by atoms with Crippen molar-refractivity contribution in [3.05, 3.63) is 33.7 Å². The predicted octanol–water partition coefficient (Wildman–Crippen LogP) is 0.828. The zero-order valence-corrected chi connectivity index (χ0v) is 10.8. The lowest BCUT2D eigenvalue weighted by molar-refractivity contribution is -0.141. The van der Waals surface area contributed by atoms with Gasteiger partial charge < -0.3 is 15.2 Å². The Morgan fingerprint density at radius 2 is 2.10 bits per heavy atom. The molecule has 2 N–H and O–H groups in total. The minimum atomic E-state index is -4.63. The van der Waals surface area contributed by atoms with Crippen LogP contribution in [-0.4, -0.2) is 41.5 Å². The lowest BCUT2D eigenvalue weighted by atomic mass is 10.1. The van der Waals surface area contributed by atoms with Crippen LogP contribution in [0.15, 0.2) is 16.9 Å². The van der Waals surface area contributed by atoms with Crippen molar-refractivity contribution in [1.29, 1.82) is 0 Å². The Morgan fingerprint density at radius 1 is 1.40 bits per heavy atom. The number of nitrogens with zero attached hydrogens (tertiary/aromatic N) is 1. The Balaban J connectivity index is 2.25. The monoisotopic (exact) mass is 289 g/mol. The first-order chi connectivity index (χ1) is 9.29. The van der Waals surface area contributed by atoms with E-state index in [1.165, 1.54) is 4.90 Å². The standard InChI is InChI=1S/C12H14F3N3O2/c1-7-6-18(5-4-16-7)11(20)8-2-3-9(12(13,14)15)17-10(8)19/h2-3,7,16H,4-6H2,1H3,(H,17,19). The molecule has 1 saturated heterocycles. The summed E-state index contributed by atoms with van der Waals surface area (Å²) in [4.78, 5) is 26.9. The smallest absolute Gasteiger partial charge is 0.336 e. The molecule has 1 aromatic rings. The molecule has 1 unspecified atom stereocenters. The first kappa shape index (κ1) is 14.6. The highest BCUT2D eigenvalue weighted by molar-refractivity contribution is 5.94. The van der Waals surface area contributed by atoms with Crippen LogP contribution in [0.1, 0.15) is 23.0 Å². The first-order valence-electron chi connectivity index (χ1n) is 6.12. The van der Waals surface area contributed by atoms with Crippen molar-refractivity contribution in [2.45, 2.75) is 19.1 Å². The number of nitrogens with one attached hydrogen (secondary N) is 2. The fourth-order valence-electron chi connectivity index (χ4n) is 2.09. The van der Waals surface area contributed by atoms with E-state index in [0.717, 1.165) is 6.07 Å². The molecular formula is C12H14F3N3O2. The lowest BCUT2D eigenvalue weighted by Gasteiger charge is -2.31. The van der Waals surface area contributed by atoms with Crippen LogP contribution in [0, 0.1) is 0 Å². The molecule has 20 heavy (non-hydrogen) atoms. The Kier molecular flexibility index (Phi) is 3.85. The molecule has 8 heteroatoms. The van der Waals surface area contributed by atoms with Crippen LogP contribution in [0.25, 0.3) is 0 Å². The summed E-state index contributed by atoms with van der Waals surface area (Å²) in [6, 6.07) is 1.72. The van der Waals surface area contributed by atoms with Crippen LogP contribution in [0.3, 0.4) is 0 Å². The van der Waals surface area contributed by atoms with Crippen LogP contribution in [0.2, 0.25) is 0 Å². The Labute approximate surface area is 112 Å². The molecule has 2 heterocycles. The summed E-state index contributed by atoms with van der Waals surface area (Å²) in [5.74, 6) is -0.548. The molecule has 1 aromatic heterocycles. The van der Waals surface area contributed by atoms with E-state index in [9.17, 15) is 22.8 Å². The average Bonchev–Trinajstić information content (AvgIpc) is 2.36. The van der Waals surface area contributed by atoms with E-state index in [2.05, 4.69) is 5.32 Å². The van der Waals surface area contributed by atoms with Gasteiger partial charge in [0.1, 0.15) is 11.3 Å². The number of carbonyl (C=O) groups is 1. The van der Waals surface area contributed by atoms with Gasteiger partial charge in [-0.2, -0.15) is 13.2 Å². The zero-order chi connectivity index (χ0) is 14.9. The van der Waals surface area contributed by atoms with Gasteiger partial charge in [-0.1, -0.05) is 0 Å². The minimum Gasteiger partial charge on any atom is -0.336 e. The van der Waals surface area contributed by atoms with Crippen LogP contribution >= 0.6 is 0 Å². The van der Waals surface area contributed by atoms with Gasteiger partial charge in [-0.25, -0.2) is 0 Å². The van der Waals surface area contributed by atoms with Crippen molar-refractivity contribution in [1.82, 2.24) is 15.2 Å². The van der Waals surface area contributed by atoms with Crippen LogP contribution in [0.5, 0.6) is 0 Å². The van der Waals surface area contributed by atoms with Gasteiger partial charge in [0, 0.05) is 25.7 Å². The predicted molar refractivity (Wildman–Crippen MR) is 65.4 cm³/mol. The second-order valence-electron chi connectivity index (χ2n) is 4.72. The molecule has 0 aliphatic carbocycles. The fourth-order valence-corrected chi connectivity index (χ4v) is 2.09. The molecule has 5 nitrogen and oxygen atoms in total. The number of aromatic nitrogens is 1. The molecule has 1 aliphatic heterocycles. The largest absolute Gasteiger partial charge is 0.431 e. The zero-order valence-electron chi connectivity index (χ0n) is 10.8. The number of hydrogen-bond donors (Lipinski definition) is 2. The van der Waals surface area contributed by atoms with Crippen molar-refractivity contribution >= 4 is 5.91 Å². The molecule has 110 valence electrons. The van der Waals surface area contributed by atoms with E-state index in [1.54, 1.807) is 4.98 Å². The van der Waals surface area contributed by atoms with Crippen LogP contribution in [0.4, 0.5) is 13.2 Å². The summed E-state index contributed by atoms with van der Waals surface area (Å²) in [6.45, 7) is 3.31. The van der Waals surface area contributed by atoms with Gasteiger partial charge in [0.05, 0.1) is 0 Å². The molecule has 0 bridgehead atoms. The topological polar surface area (TPSA) is 65.2 Å². The maximum Gasteiger partial charge on any atom is 0.431 e. The van der Waals surface area contributed by atoms with E-state index in [-0.39, 0.29) is 11.6 Å². The molecule has 1 aliphatic rings. The van der Waals surface area contributed by atoms with Gasteiger partial charge in [-0.3, -0.25) is 9.59 Å². The van der Waals surface area contributed by atoms with Gasteiger partial charge in [0.25, 0.3) is 11.5 Å². The van der Waals surface area contributed by atoms with Gasteiger partial charge >= 0.3 is 6.18 Å². The Bertz CT molecular complexity index is 568. The number of hydrogen-bond acceptors (Lipinski definition) is 3. The molecular weight excluding hydrogens is 275 g/mol. The lowest BCUT2D eigenvalue weighted by Crippen LogP contribution is -2.52. The molecule has 1 amide bonds. The average molecular weight is 289 g/mol.